The van der Waals surface area contributed by atoms with Crippen LogP contribution in [0, 0.1) is 5.92 Å². The van der Waals surface area contributed by atoms with Crippen LogP contribution < -0.4 is 0 Å². The third-order valence-electron chi connectivity index (χ3n) is 3.50. The van der Waals surface area contributed by atoms with Gasteiger partial charge >= 0.3 is 0 Å². The van der Waals surface area contributed by atoms with Crippen LogP contribution in [-0.4, -0.2) is 34.8 Å². The quantitative estimate of drug-likeness (QED) is 0.742. The molecule has 3 rings (SSSR count). The molecule has 2 fully saturated rings. The average molecular weight is 218 g/mol. The van der Waals surface area contributed by atoms with Crippen molar-refractivity contribution in [3.05, 3.63) is 24.0 Å². The normalized spacial score (nSPS) is 20.3. The Balaban J connectivity index is 1.59. The fourth-order valence-corrected chi connectivity index (χ4v) is 2.19. The van der Waals surface area contributed by atoms with Crippen LogP contribution in [0.2, 0.25) is 0 Å². The number of carbonyl (C=O) groups is 1. The summed E-state index contributed by atoms with van der Waals surface area (Å²) < 4.78 is 0. The van der Waals surface area contributed by atoms with Crippen molar-refractivity contribution in [3.63, 3.8) is 0 Å². The Hall–Kier alpha value is -1.09. The van der Waals surface area contributed by atoms with Crippen molar-refractivity contribution in [2.75, 3.05) is 13.1 Å². The summed E-state index contributed by atoms with van der Waals surface area (Å²) in [5.74, 6) is 1.11. The zero-order chi connectivity index (χ0) is 11.0. The molecule has 0 bridgehead atoms. The molecule has 0 aliphatic heterocycles. The molecule has 0 unspecified atom stereocenters. The van der Waals surface area contributed by atoms with Crippen molar-refractivity contribution in [3.8, 4) is 0 Å². The SMILES string of the molecule is O=C(CN(CC1CC1)C1CC1)c1ccc[nH]1. The Kier molecular flexibility index (Phi) is 2.56. The lowest BCUT2D eigenvalue weighted by Gasteiger charge is -2.20. The van der Waals surface area contributed by atoms with E-state index in [9.17, 15) is 4.79 Å². The van der Waals surface area contributed by atoms with E-state index in [1.165, 1.54) is 25.7 Å². The summed E-state index contributed by atoms with van der Waals surface area (Å²) in [4.78, 5) is 17.4. The van der Waals surface area contributed by atoms with Crippen LogP contribution in [-0.2, 0) is 0 Å². The number of nitrogens with one attached hydrogen (secondary N) is 1. The van der Waals surface area contributed by atoms with E-state index in [-0.39, 0.29) is 5.78 Å². The number of aromatic amines is 1. The average Bonchev–Trinajstić information content (AvgIpc) is 3.18. The summed E-state index contributed by atoms with van der Waals surface area (Å²) >= 11 is 0. The van der Waals surface area contributed by atoms with Crippen molar-refractivity contribution < 1.29 is 4.79 Å². The molecule has 1 aromatic heterocycles. The first-order valence-electron chi connectivity index (χ1n) is 6.23. The lowest BCUT2D eigenvalue weighted by atomic mass is 10.2. The van der Waals surface area contributed by atoms with Crippen LogP contribution in [0.15, 0.2) is 18.3 Å². The standard InChI is InChI=1S/C13H18N2O/c16-13(12-2-1-7-14-12)9-15(11-5-6-11)8-10-3-4-10/h1-2,7,10-11,14H,3-6,8-9H2. The van der Waals surface area contributed by atoms with Gasteiger partial charge in [-0.1, -0.05) is 0 Å². The van der Waals surface area contributed by atoms with Gasteiger partial charge in [-0.2, -0.15) is 0 Å². The molecule has 0 aromatic carbocycles. The molecule has 3 heteroatoms. The van der Waals surface area contributed by atoms with E-state index in [0.29, 0.717) is 12.6 Å². The third-order valence-corrected chi connectivity index (χ3v) is 3.50. The predicted molar refractivity (Wildman–Crippen MR) is 62.4 cm³/mol. The molecule has 3 nitrogen and oxygen atoms in total. The number of ketones is 1. The largest absolute Gasteiger partial charge is 0.359 e. The number of hydrogen-bond acceptors (Lipinski definition) is 2. The van der Waals surface area contributed by atoms with Gasteiger partial charge in [0.25, 0.3) is 0 Å². The summed E-state index contributed by atoms with van der Waals surface area (Å²) in [5.41, 5.74) is 0.751. The minimum Gasteiger partial charge on any atom is -0.359 e. The molecule has 2 aliphatic carbocycles. The summed E-state index contributed by atoms with van der Waals surface area (Å²) in [6, 6.07) is 4.44. The van der Waals surface area contributed by atoms with Gasteiger partial charge in [-0.15, -0.1) is 0 Å². The Morgan fingerprint density at radius 2 is 2.19 bits per heavy atom. The van der Waals surface area contributed by atoms with E-state index in [0.717, 1.165) is 18.2 Å². The maximum atomic E-state index is 12.0. The van der Waals surface area contributed by atoms with Gasteiger partial charge in [-0.3, -0.25) is 9.69 Å². The van der Waals surface area contributed by atoms with Gasteiger partial charge in [0.2, 0.25) is 0 Å². The van der Waals surface area contributed by atoms with Crippen molar-refractivity contribution in [2.45, 2.75) is 31.7 Å². The highest BCUT2D eigenvalue weighted by Gasteiger charge is 2.34. The third kappa shape index (κ3) is 2.35. The molecule has 2 saturated carbocycles. The highest BCUT2D eigenvalue weighted by Crippen LogP contribution is 2.34. The zero-order valence-corrected chi connectivity index (χ0v) is 9.48. The zero-order valence-electron chi connectivity index (χ0n) is 9.48. The highest BCUT2D eigenvalue weighted by atomic mass is 16.1. The smallest absolute Gasteiger partial charge is 0.192 e. The molecule has 16 heavy (non-hydrogen) atoms. The van der Waals surface area contributed by atoms with Gasteiger partial charge < -0.3 is 4.98 Å². The number of carbonyl (C=O) groups excluding carboxylic acids is 1. The van der Waals surface area contributed by atoms with Crippen molar-refractivity contribution >= 4 is 5.78 Å². The summed E-state index contributed by atoms with van der Waals surface area (Å²) in [6.45, 7) is 1.73. The molecule has 0 amide bonds. The van der Waals surface area contributed by atoms with E-state index < -0.39 is 0 Å². The Morgan fingerprint density at radius 3 is 2.75 bits per heavy atom. The van der Waals surface area contributed by atoms with E-state index in [4.69, 9.17) is 0 Å². The summed E-state index contributed by atoms with van der Waals surface area (Å²) in [7, 11) is 0. The van der Waals surface area contributed by atoms with Gasteiger partial charge in [-0.05, 0) is 43.7 Å². The van der Waals surface area contributed by atoms with Crippen LogP contribution in [0.25, 0.3) is 0 Å². The molecule has 0 atom stereocenters. The fourth-order valence-electron chi connectivity index (χ4n) is 2.19. The van der Waals surface area contributed by atoms with E-state index >= 15 is 0 Å². The minimum atomic E-state index is 0.234. The van der Waals surface area contributed by atoms with Crippen LogP contribution in [0.3, 0.4) is 0 Å². The van der Waals surface area contributed by atoms with Crippen LogP contribution in [0.4, 0.5) is 0 Å². The molecular weight excluding hydrogens is 200 g/mol. The second-order valence-electron chi connectivity index (χ2n) is 5.11. The number of Topliss-reactive ketones (excluding diaryl/α,β-unsaturated/α-hetero) is 1. The van der Waals surface area contributed by atoms with Crippen LogP contribution in [0.1, 0.15) is 36.2 Å². The van der Waals surface area contributed by atoms with Gasteiger partial charge in [0, 0.05) is 18.8 Å². The first-order valence-corrected chi connectivity index (χ1v) is 6.23. The monoisotopic (exact) mass is 218 g/mol. The highest BCUT2D eigenvalue weighted by molar-refractivity contribution is 5.95. The lowest BCUT2D eigenvalue weighted by molar-refractivity contribution is 0.0916. The molecule has 1 N–H and O–H groups in total. The topological polar surface area (TPSA) is 36.1 Å². The van der Waals surface area contributed by atoms with Crippen LogP contribution in [0.5, 0.6) is 0 Å². The molecule has 86 valence electrons. The lowest BCUT2D eigenvalue weighted by Crippen LogP contribution is -2.33. The maximum absolute atomic E-state index is 12.0. The molecule has 1 aromatic rings. The molecule has 0 saturated heterocycles. The Labute approximate surface area is 95.8 Å². The van der Waals surface area contributed by atoms with Gasteiger partial charge in [-0.25, -0.2) is 0 Å². The Bertz CT molecular complexity index is 363. The van der Waals surface area contributed by atoms with E-state index in [2.05, 4.69) is 9.88 Å². The fraction of sp³-hybridized carbons (Fsp3) is 0.615. The molecular formula is C13H18N2O. The summed E-state index contributed by atoms with van der Waals surface area (Å²) in [5, 5.41) is 0. The second-order valence-corrected chi connectivity index (χ2v) is 5.11. The number of hydrogen-bond donors (Lipinski definition) is 1. The first kappa shape index (κ1) is 10.1. The molecule has 0 radical (unpaired) electrons. The van der Waals surface area contributed by atoms with E-state index in [1.54, 1.807) is 0 Å². The molecule has 2 aliphatic rings. The number of aromatic nitrogens is 1. The Morgan fingerprint density at radius 1 is 1.38 bits per heavy atom. The minimum absolute atomic E-state index is 0.234. The second kappa shape index (κ2) is 4.06. The van der Waals surface area contributed by atoms with Crippen molar-refractivity contribution in [1.29, 1.82) is 0 Å². The number of nitrogens with zero attached hydrogens (tertiary/aromatic N) is 1. The molecule has 0 spiro atoms. The van der Waals surface area contributed by atoms with Crippen LogP contribution >= 0.6 is 0 Å². The number of rotatable bonds is 6. The summed E-state index contributed by atoms with van der Waals surface area (Å²) in [6.07, 6.45) is 7.10. The predicted octanol–water partition coefficient (Wildman–Crippen LogP) is 2.07. The van der Waals surface area contributed by atoms with Gasteiger partial charge in [0.05, 0.1) is 12.2 Å². The maximum Gasteiger partial charge on any atom is 0.192 e. The van der Waals surface area contributed by atoms with E-state index in [1.807, 2.05) is 18.3 Å². The van der Waals surface area contributed by atoms with Crippen molar-refractivity contribution in [1.82, 2.24) is 9.88 Å². The van der Waals surface area contributed by atoms with Gasteiger partial charge in [0.15, 0.2) is 5.78 Å². The first-order chi connectivity index (χ1) is 7.83. The number of H-pyrrole nitrogens is 1. The van der Waals surface area contributed by atoms with Crippen molar-refractivity contribution in [2.24, 2.45) is 5.92 Å². The molecule has 1 heterocycles. The van der Waals surface area contributed by atoms with Gasteiger partial charge in [0.1, 0.15) is 0 Å².